The maximum atomic E-state index is 12.0. The topological polar surface area (TPSA) is 61.8 Å². The molecule has 0 aliphatic heterocycles. The van der Waals surface area contributed by atoms with Crippen molar-refractivity contribution in [3.8, 4) is 0 Å². The zero-order valence-corrected chi connectivity index (χ0v) is 15.3. The van der Waals surface area contributed by atoms with Gasteiger partial charge in [-0.25, -0.2) is 9.59 Å². The molecule has 24 heavy (non-hydrogen) atoms. The number of esters is 2. The van der Waals surface area contributed by atoms with Crippen LogP contribution in [-0.2, 0) is 14.2 Å². The van der Waals surface area contributed by atoms with Crippen molar-refractivity contribution in [2.45, 2.75) is 59.2 Å². The highest BCUT2D eigenvalue weighted by Gasteiger charge is 2.20. The Morgan fingerprint density at radius 2 is 1.46 bits per heavy atom. The van der Waals surface area contributed by atoms with Gasteiger partial charge in [0.1, 0.15) is 6.61 Å². The van der Waals surface area contributed by atoms with Crippen molar-refractivity contribution in [2.75, 3.05) is 13.2 Å². The number of hydrogen-bond acceptors (Lipinski definition) is 5. The van der Waals surface area contributed by atoms with Gasteiger partial charge in [0.05, 0.1) is 29.4 Å². The summed E-state index contributed by atoms with van der Waals surface area (Å²) in [5, 5.41) is 0. The summed E-state index contributed by atoms with van der Waals surface area (Å²) in [5.74, 6) is -0.839. The van der Waals surface area contributed by atoms with Crippen LogP contribution in [0.5, 0.6) is 0 Å². The van der Waals surface area contributed by atoms with E-state index in [2.05, 4.69) is 13.8 Å². The number of rotatable bonds is 9. The largest absolute Gasteiger partial charge is 0.460 e. The quantitative estimate of drug-likeness (QED) is 0.504. The molecule has 0 saturated heterocycles. The van der Waals surface area contributed by atoms with Crippen molar-refractivity contribution in [1.29, 1.82) is 0 Å². The van der Waals surface area contributed by atoms with E-state index in [4.69, 9.17) is 14.2 Å². The summed E-state index contributed by atoms with van der Waals surface area (Å²) in [6.07, 6.45) is 1.63. The van der Waals surface area contributed by atoms with Crippen molar-refractivity contribution in [1.82, 2.24) is 0 Å². The SMILES string of the molecule is CCC(C)(CC)OCCOC(=O)c1ccc(C(=O)OC(C)C)cc1. The number of carbonyl (C=O) groups excluding carboxylic acids is 2. The molecular formula is C19H28O5. The van der Waals surface area contributed by atoms with Gasteiger partial charge in [-0.05, 0) is 57.9 Å². The van der Waals surface area contributed by atoms with Gasteiger partial charge < -0.3 is 14.2 Å². The molecule has 0 fully saturated rings. The summed E-state index contributed by atoms with van der Waals surface area (Å²) < 4.78 is 16.1. The fourth-order valence-corrected chi connectivity index (χ4v) is 1.98. The number of carbonyl (C=O) groups is 2. The Morgan fingerprint density at radius 3 is 1.92 bits per heavy atom. The zero-order chi connectivity index (χ0) is 18.2. The Labute approximate surface area is 144 Å². The van der Waals surface area contributed by atoms with Crippen molar-refractivity contribution >= 4 is 11.9 Å². The van der Waals surface area contributed by atoms with E-state index < -0.39 is 11.9 Å². The molecule has 5 heteroatoms. The molecule has 1 rings (SSSR count). The smallest absolute Gasteiger partial charge is 0.338 e. The van der Waals surface area contributed by atoms with Gasteiger partial charge in [0.2, 0.25) is 0 Å². The maximum absolute atomic E-state index is 12.0. The van der Waals surface area contributed by atoms with Crippen LogP contribution in [0.4, 0.5) is 0 Å². The molecule has 0 unspecified atom stereocenters. The molecule has 0 amide bonds. The maximum Gasteiger partial charge on any atom is 0.338 e. The van der Waals surface area contributed by atoms with Crippen LogP contribution < -0.4 is 0 Å². The first kappa shape index (κ1) is 20.2. The van der Waals surface area contributed by atoms with Gasteiger partial charge in [0.25, 0.3) is 0 Å². The molecular weight excluding hydrogens is 308 g/mol. The first-order valence-electron chi connectivity index (χ1n) is 8.43. The van der Waals surface area contributed by atoms with E-state index in [0.717, 1.165) is 12.8 Å². The molecule has 0 bridgehead atoms. The van der Waals surface area contributed by atoms with E-state index in [1.165, 1.54) is 0 Å². The highest BCUT2D eigenvalue weighted by Crippen LogP contribution is 2.18. The summed E-state index contributed by atoms with van der Waals surface area (Å²) in [4.78, 5) is 23.7. The number of ether oxygens (including phenoxy) is 3. The van der Waals surface area contributed by atoms with Crippen molar-refractivity contribution in [3.63, 3.8) is 0 Å². The van der Waals surface area contributed by atoms with Crippen LogP contribution in [0, 0.1) is 0 Å². The normalized spacial score (nSPS) is 11.4. The molecule has 0 atom stereocenters. The molecule has 0 aliphatic carbocycles. The highest BCUT2D eigenvalue weighted by molar-refractivity contribution is 5.93. The number of hydrogen-bond donors (Lipinski definition) is 0. The third kappa shape index (κ3) is 6.32. The summed E-state index contributed by atoms with van der Waals surface area (Å²) in [7, 11) is 0. The Morgan fingerprint density at radius 1 is 0.958 bits per heavy atom. The fraction of sp³-hybridized carbons (Fsp3) is 0.579. The van der Waals surface area contributed by atoms with E-state index in [0.29, 0.717) is 17.7 Å². The second-order valence-corrected chi connectivity index (χ2v) is 6.17. The average Bonchev–Trinajstić information content (AvgIpc) is 2.57. The predicted molar refractivity (Wildman–Crippen MR) is 92.2 cm³/mol. The first-order valence-corrected chi connectivity index (χ1v) is 8.43. The second-order valence-electron chi connectivity index (χ2n) is 6.17. The Hall–Kier alpha value is -1.88. The van der Waals surface area contributed by atoms with Crippen LogP contribution in [0.3, 0.4) is 0 Å². The van der Waals surface area contributed by atoms with Gasteiger partial charge in [-0.2, -0.15) is 0 Å². The average molecular weight is 336 g/mol. The molecule has 0 aliphatic rings. The van der Waals surface area contributed by atoms with Crippen molar-refractivity contribution in [2.24, 2.45) is 0 Å². The summed E-state index contributed by atoms with van der Waals surface area (Å²) >= 11 is 0. The minimum absolute atomic E-state index is 0.176. The lowest BCUT2D eigenvalue weighted by Gasteiger charge is -2.27. The monoisotopic (exact) mass is 336 g/mol. The molecule has 0 spiro atoms. The van der Waals surface area contributed by atoms with E-state index >= 15 is 0 Å². The molecule has 0 heterocycles. The van der Waals surface area contributed by atoms with E-state index in [1.807, 2.05) is 6.92 Å². The van der Waals surface area contributed by atoms with Gasteiger partial charge >= 0.3 is 11.9 Å². The summed E-state index contributed by atoms with van der Waals surface area (Å²) in [6.45, 7) is 10.3. The molecule has 134 valence electrons. The Balaban J connectivity index is 2.47. The third-order valence-electron chi connectivity index (χ3n) is 3.96. The van der Waals surface area contributed by atoms with Crippen LogP contribution in [-0.4, -0.2) is 36.9 Å². The molecule has 1 aromatic rings. The van der Waals surface area contributed by atoms with Crippen LogP contribution >= 0.6 is 0 Å². The Bertz CT molecular complexity index is 529. The van der Waals surface area contributed by atoms with Gasteiger partial charge in [0.15, 0.2) is 0 Å². The van der Waals surface area contributed by atoms with Crippen LogP contribution in [0.25, 0.3) is 0 Å². The fourth-order valence-electron chi connectivity index (χ4n) is 1.98. The van der Waals surface area contributed by atoms with E-state index in [-0.39, 0.29) is 18.3 Å². The van der Waals surface area contributed by atoms with Gasteiger partial charge in [-0.1, -0.05) is 13.8 Å². The van der Waals surface area contributed by atoms with Crippen molar-refractivity contribution < 1.29 is 23.8 Å². The molecule has 0 aromatic heterocycles. The van der Waals surface area contributed by atoms with Crippen molar-refractivity contribution in [3.05, 3.63) is 35.4 Å². The lowest BCUT2D eigenvalue weighted by atomic mass is 10.0. The Kier molecular flexibility index (Phi) is 7.92. The summed E-state index contributed by atoms with van der Waals surface area (Å²) in [5.41, 5.74) is 0.625. The van der Waals surface area contributed by atoms with Crippen LogP contribution in [0.2, 0.25) is 0 Å². The molecule has 0 N–H and O–H groups in total. The van der Waals surface area contributed by atoms with Crippen LogP contribution in [0.15, 0.2) is 24.3 Å². The van der Waals surface area contributed by atoms with Gasteiger partial charge in [-0.3, -0.25) is 0 Å². The molecule has 1 aromatic carbocycles. The van der Waals surface area contributed by atoms with E-state index in [1.54, 1.807) is 38.1 Å². The zero-order valence-electron chi connectivity index (χ0n) is 15.3. The minimum atomic E-state index is -0.433. The first-order chi connectivity index (χ1) is 11.3. The third-order valence-corrected chi connectivity index (χ3v) is 3.96. The van der Waals surface area contributed by atoms with Gasteiger partial charge in [0, 0.05) is 0 Å². The highest BCUT2D eigenvalue weighted by atomic mass is 16.6. The van der Waals surface area contributed by atoms with Gasteiger partial charge in [-0.15, -0.1) is 0 Å². The molecule has 0 saturated carbocycles. The number of benzene rings is 1. The predicted octanol–water partition coefficient (Wildman–Crippen LogP) is 4.00. The summed E-state index contributed by atoms with van der Waals surface area (Å²) in [6, 6.07) is 6.23. The second kappa shape index (κ2) is 9.42. The van der Waals surface area contributed by atoms with Crippen LogP contribution in [0.1, 0.15) is 68.2 Å². The minimum Gasteiger partial charge on any atom is -0.460 e. The molecule has 5 nitrogen and oxygen atoms in total. The lowest BCUT2D eigenvalue weighted by molar-refractivity contribution is -0.0545. The lowest BCUT2D eigenvalue weighted by Crippen LogP contribution is -2.28. The standard InChI is InChI=1S/C19H28O5/c1-6-19(5,7-2)23-13-12-22-17(20)15-8-10-16(11-9-15)18(21)24-14(3)4/h8-11,14H,6-7,12-13H2,1-5H3. The van der Waals surface area contributed by atoms with E-state index in [9.17, 15) is 9.59 Å². The molecule has 0 radical (unpaired) electrons.